The minimum Gasteiger partial charge on any atom is -0.337 e. The maximum Gasteiger partial charge on any atom is 0.254 e. The Hall–Kier alpha value is -2.08. The third-order valence-corrected chi connectivity index (χ3v) is 6.49. The van der Waals surface area contributed by atoms with E-state index in [1.165, 1.54) is 11.1 Å². The predicted molar refractivity (Wildman–Crippen MR) is 119 cm³/mol. The van der Waals surface area contributed by atoms with Crippen molar-refractivity contribution >= 4 is 35.0 Å². The third-order valence-electron chi connectivity index (χ3n) is 6.06. The molecule has 1 saturated heterocycles. The molecule has 158 valence electrons. The van der Waals surface area contributed by atoms with Gasteiger partial charge in [0.1, 0.15) is 0 Å². The number of amides is 2. The Kier molecular flexibility index (Phi) is 6.32. The van der Waals surface area contributed by atoms with Gasteiger partial charge in [-0.25, -0.2) is 0 Å². The van der Waals surface area contributed by atoms with Crippen LogP contribution < -0.4 is 0 Å². The number of nitrogens with zero attached hydrogens (tertiary/aromatic N) is 3. The normalized spacial score (nSPS) is 18.1. The van der Waals surface area contributed by atoms with Crippen LogP contribution in [0.15, 0.2) is 42.5 Å². The summed E-state index contributed by atoms with van der Waals surface area (Å²) in [6.07, 6.45) is 0.902. The molecule has 0 N–H and O–H groups in total. The molecule has 0 radical (unpaired) electrons. The van der Waals surface area contributed by atoms with Crippen molar-refractivity contribution in [2.75, 3.05) is 32.7 Å². The van der Waals surface area contributed by atoms with Gasteiger partial charge < -0.3 is 9.80 Å². The number of halogens is 2. The highest BCUT2D eigenvalue weighted by Gasteiger charge is 2.31. The van der Waals surface area contributed by atoms with E-state index in [0.29, 0.717) is 48.3 Å². The van der Waals surface area contributed by atoms with Crippen LogP contribution in [-0.4, -0.2) is 65.3 Å². The zero-order chi connectivity index (χ0) is 21.3. The van der Waals surface area contributed by atoms with E-state index in [0.717, 1.165) is 13.0 Å². The zero-order valence-corrected chi connectivity index (χ0v) is 18.5. The van der Waals surface area contributed by atoms with E-state index in [9.17, 15) is 9.59 Å². The SMILES string of the molecule is CC(C(=O)N1CCc2ccccc2C1)N1CCN(C(=O)c2cc(Cl)cc(Cl)c2)CC1. The quantitative estimate of drug-likeness (QED) is 0.722. The number of hydrogen-bond acceptors (Lipinski definition) is 3. The van der Waals surface area contributed by atoms with Crippen LogP contribution in [0, 0.1) is 0 Å². The van der Waals surface area contributed by atoms with E-state index >= 15 is 0 Å². The molecule has 2 aromatic carbocycles. The summed E-state index contributed by atoms with van der Waals surface area (Å²) in [5.74, 6) is 0.0802. The predicted octanol–water partition coefficient (Wildman–Crippen LogP) is 3.72. The molecule has 4 rings (SSSR count). The number of benzene rings is 2. The van der Waals surface area contributed by atoms with Gasteiger partial charge in [0.05, 0.1) is 6.04 Å². The van der Waals surface area contributed by atoms with Crippen molar-refractivity contribution in [1.82, 2.24) is 14.7 Å². The fraction of sp³-hybridized carbons (Fsp3) is 0.391. The van der Waals surface area contributed by atoms with E-state index in [-0.39, 0.29) is 17.9 Å². The summed E-state index contributed by atoms with van der Waals surface area (Å²) in [5.41, 5.74) is 3.07. The highest BCUT2D eigenvalue weighted by atomic mass is 35.5. The van der Waals surface area contributed by atoms with Gasteiger partial charge in [0.15, 0.2) is 0 Å². The first-order chi connectivity index (χ1) is 14.4. The summed E-state index contributed by atoms with van der Waals surface area (Å²) in [6, 6.07) is 13.0. The molecule has 2 aliphatic heterocycles. The lowest BCUT2D eigenvalue weighted by atomic mass is 9.99. The highest BCUT2D eigenvalue weighted by molar-refractivity contribution is 6.35. The minimum atomic E-state index is -0.201. The van der Waals surface area contributed by atoms with E-state index < -0.39 is 0 Å². The lowest BCUT2D eigenvalue weighted by Crippen LogP contribution is -2.55. The zero-order valence-electron chi connectivity index (χ0n) is 17.0. The molecule has 0 saturated carbocycles. The van der Waals surface area contributed by atoms with Crippen molar-refractivity contribution in [2.24, 2.45) is 0 Å². The third kappa shape index (κ3) is 4.48. The molecule has 2 amide bonds. The van der Waals surface area contributed by atoms with Crippen molar-refractivity contribution in [3.63, 3.8) is 0 Å². The maximum atomic E-state index is 13.1. The van der Waals surface area contributed by atoms with Gasteiger partial charge in [0.25, 0.3) is 5.91 Å². The Labute approximate surface area is 187 Å². The lowest BCUT2D eigenvalue weighted by molar-refractivity contribution is -0.137. The van der Waals surface area contributed by atoms with E-state index in [2.05, 4.69) is 23.1 Å². The van der Waals surface area contributed by atoms with Gasteiger partial charge in [-0.2, -0.15) is 0 Å². The summed E-state index contributed by atoms with van der Waals surface area (Å²) in [4.78, 5) is 31.8. The molecule has 2 aliphatic rings. The van der Waals surface area contributed by atoms with Crippen LogP contribution in [0.1, 0.15) is 28.4 Å². The summed E-state index contributed by atoms with van der Waals surface area (Å²) in [7, 11) is 0. The average molecular weight is 446 g/mol. The largest absolute Gasteiger partial charge is 0.337 e. The standard InChI is InChI=1S/C23H25Cl2N3O2/c1-16(22(29)28-7-6-17-4-2-3-5-18(17)15-28)26-8-10-27(11-9-26)23(30)19-12-20(24)14-21(25)13-19/h2-5,12-14,16H,6-11,15H2,1H3. The molecule has 5 nitrogen and oxygen atoms in total. The molecule has 0 bridgehead atoms. The molecule has 2 aromatic rings. The van der Waals surface area contributed by atoms with Crippen molar-refractivity contribution in [3.8, 4) is 0 Å². The molecule has 0 aliphatic carbocycles. The second kappa shape index (κ2) is 8.96. The molecule has 1 atom stereocenters. The highest BCUT2D eigenvalue weighted by Crippen LogP contribution is 2.22. The van der Waals surface area contributed by atoms with Crippen molar-refractivity contribution in [3.05, 3.63) is 69.2 Å². The van der Waals surface area contributed by atoms with Crippen LogP contribution in [0.25, 0.3) is 0 Å². The minimum absolute atomic E-state index is 0.0781. The van der Waals surface area contributed by atoms with Crippen LogP contribution in [0.5, 0.6) is 0 Å². The molecule has 30 heavy (non-hydrogen) atoms. The molecular weight excluding hydrogens is 421 g/mol. The maximum absolute atomic E-state index is 13.1. The smallest absolute Gasteiger partial charge is 0.254 e. The number of carbonyl (C=O) groups is 2. The summed E-state index contributed by atoms with van der Waals surface area (Å²) >= 11 is 12.1. The lowest BCUT2D eigenvalue weighted by Gasteiger charge is -2.39. The topological polar surface area (TPSA) is 43.9 Å². The van der Waals surface area contributed by atoms with Crippen molar-refractivity contribution in [2.45, 2.75) is 25.9 Å². The molecule has 2 heterocycles. The first kappa shape index (κ1) is 21.2. The average Bonchev–Trinajstić information content (AvgIpc) is 2.76. The fourth-order valence-electron chi connectivity index (χ4n) is 4.28. The molecule has 0 aromatic heterocycles. The van der Waals surface area contributed by atoms with E-state index in [4.69, 9.17) is 23.2 Å². The Morgan fingerprint density at radius 2 is 1.50 bits per heavy atom. The molecule has 1 fully saturated rings. The summed E-state index contributed by atoms with van der Waals surface area (Å²) in [5, 5.41) is 0.901. The Balaban J connectivity index is 1.34. The van der Waals surface area contributed by atoms with E-state index in [1.807, 2.05) is 17.9 Å². The summed E-state index contributed by atoms with van der Waals surface area (Å²) < 4.78 is 0. The first-order valence-corrected chi connectivity index (χ1v) is 11.0. The van der Waals surface area contributed by atoms with Gasteiger partial charge in [-0.05, 0) is 42.7 Å². The number of piperazine rings is 1. The van der Waals surface area contributed by atoms with Crippen LogP contribution in [0.2, 0.25) is 10.0 Å². The summed E-state index contributed by atoms with van der Waals surface area (Å²) in [6.45, 7) is 5.88. The second-order valence-electron chi connectivity index (χ2n) is 7.94. The van der Waals surface area contributed by atoms with Gasteiger partial charge >= 0.3 is 0 Å². The first-order valence-electron chi connectivity index (χ1n) is 10.3. The fourth-order valence-corrected chi connectivity index (χ4v) is 4.80. The molecule has 7 heteroatoms. The molecule has 1 unspecified atom stereocenters. The van der Waals surface area contributed by atoms with E-state index in [1.54, 1.807) is 23.1 Å². The van der Waals surface area contributed by atoms with Crippen molar-refractivity contribution in [1.29, 1.82) is 0 Å². The second-order valence-corrected chi connectivity index (χ2v) is 8.81. The Morgan fingerprint density at radius 1 is 0.867 bits per heavy atom. The Morgan fingerprint density at radius 3 is 2.17 bits per heavy atom. The van der Waals surface area contributed by atoms with Gasteiger partial charge in [0.2, 0.25) is 5.91 Å². The van der Waals surface area contributed by atoms with Gasteiger partial charge in [-0.1, -0.05) is 47.5 Å². The molecular formula is C23H25Cl2N3O2. The van der Waals surface area contributed by atoms with Crippen LogP contribution in [0.4, 0.5) is 0 Å². The van der Waals surface area contributed by atoms with Crippen molar-refractivity contribution < 1.29 is 9.59 Å². The number of fused-ring (bicyclic) bond motifs is 1. The number of hydrogen-bond donors (Lipinski definition) is 0. The monoisotopic (exact) mass is 445 g/mol. The van der Waals surface area contributed by atoms with Crippen LogP contribution in [-0.2, 0) is 17.8 Å². The van der Waals surface area contributed by atoms with Gasteiger partial charge in [-0.3, -0.25) is 14.5 Å². The van der Waals surface area contributed by atoms with Crippen LogP contribution in [0.3, 0.4) is 0 Å². The van der Waals surface area contributed by atoms with Crippen LogP contribution >= 0.6 is 23.2 Å². The van der Waals surface area contributed by atoms with Gasteiger partial charge in [0, 0.05) is 54.9 Å². The van der Waals surface area contributed by atoms with Gasteiger partial charge in [-0.15, -0.1) is 0 Å². The Bertz CT molecular complexity index is 937. The number of rotatable bonds is 3. The molecule has 0 spiro atoms. The number of carbonyl (C=O) groups excluding carboxylic acids is 2.